The molecule has 0 aliphatic heterocycles. The van der Waals surface area contributed by atoms with E-state index in [1.54, 1.807) is 0 Å². The largest absolute Gasteiger partial charge is 0.478 e. The predicted molar refractivity (Wildman–Crippen MR) is 52.5 cm³/mol. The van der Waals surface area contributed by atoms with E-state index >= 15 is 0 Å². The zero-order valence-corrected chi connectivity index (χ0v) is 8.70. The fourth-order valence-corrected chi connectivity index (χ4v) is 0.936. The van der Waals surface area contributed by atoms with Gasteiger partial charge in [0.05, 0.1) is 11.3 Å². The van der Waals surface area contributed by atoms with E-state index in [0.717, 1.165) is 6.42 Å². The molecule has 0 aromatic heterocycles. The molecular formula is C10H15NO3. The van der Waals surface area contributed by atoms with Crippen LogP contribution in [0.25, 0.3) is 0 Å². The van der Waals surface area contributed by atoms with Gasteiger partial charge in [0.2, 0.25) is 6.08 Å². The predicted octanol–water partition coefficient (Wildman–Crippen LogP) is 2.12. The third-order valence-electron chi connectivity index (χ3n) is 2.17. The first-order chi connectivity index (χ1) is 6.52. The molecule has 0 radical (unpaired) electrons. The van der Waals surface area contributed by atoms with Crippen LogP contribution in [0.2, 0.25) is 0 Å². The quantitative estimate of drug-likeness (QED) is 0.417. The number of allylic oxidation sites excluding steroid dienone is 1. The Kier molecular flexibility index (Phi) is 5.49. The van der Waals surface area contributed by atoms with Crippen molar-refractivity contribution in [1.82, 2.24) is 0 Å². The lowest BCUT2D eigenvalue weighted by Crippen LogP contribution is -2.03. The van der Waals surface area contributed by atoms with Crippen LogP contribution in [0.15, 0.2) is 16.3 Å². The molecule has 0 amide bonds. The van der Waals surface area contributed by atoms with Gasteiger partial charge in [-0.15, -0.1) is 0 Å². The van der Waals surface area contributed by atoms with E-state index < -0.39 is 5.97 Å². The van der Waals surface area contributed by atoms with Gasteiger partial charge in [0.15, 0.2) is 0 Å². The zero-order chi connectivity index (χ0) is 11.1. The first-order valence-electron chi connectivity index (χ1n) is 4.53. The normalized spacial score (nSPS) is 13.9. The number of rotatable bonds is 5. The lowest BCUT2D eigenvalue weighted by atomic mass is 10.0. The van der Waals surface area contributed by atoms with Crippen molar-refractivity contribution >= 4 is 12.0 Å². The highest BCUT2D eigenvalue weighted by atomic mass is 16.4. The van der Waals surface area contributed by atoms with Crippen molar-refractivity contribution in [2.45, 2.75) is 33.6 Å². The second-order valence-electron chi connectivity index (χ2n) is 3.30. The van der Waals surface area contributed by atoms with Gasteiger partial charge >= 0.3 is 5.97 Å². The molecule has 1 N–H and O–H groups in total. The van der Waals surface area contributed by atoms with Crippen molar-refractivity contribution in [1.29, 1.82) is 0 Å². The first-order valence-corrected chi connectivity index (χ1v) is 4.53. The summed E-state index contributed by atoms with van der Waals surface area (Å²) in [6, 6.07) is 0. The molecule has 0 aromatic carbocycles. The molecular weight excluding hydrogens is 182 g/mol. The van der Waals surface area contributed by atoms with Crippen LogP contribution >= 0.6 is 0 Å². The molecule has 0 fully saturated rings. The highest BCUT2D eigenvalue weighted by Gasteiger charge is 2.11. The Morgan fingerprint density at radius 2 is 2.14 bits per heavy atom. The molecule has 0 rings (SSSR count). The van der Waals surface area contributed by atoms with E-state index in [1.165, 1.54) is 13.0 Å². The smallest absolute Gasteiger partial charge is 0.333 e. The first kappa shape index (κ1) is 12.6. The van der Waals surface area contributed by atoms with Crippen LogP contribution in [-0.4, -0.2) is 17.2 Å². The molecule has 1 atom stereocenters. The van der Waals surface area contributed by atoms with Crippen LogP contribution in [0.3, 0.4) is 0 Å². The SMILES string of the molecule is CCC(C)CC(N=C=O)=C(C)C(=O)O. The highest BCUT2D eigenvalue weighted by molar-refractivity contribution is 5.86. The monoisotopic (exact) mass is 197 g/mol. The molecule has 0 aliphatic rings. The number of carboxylic acid groups (broad SMARTS) is 1. The summed E-state index contributed by atoms with van der Waals surface area (Å²) in [5, 5.41) is 8.72. The number of isocyanates is 1. The Labute approximate surface area is 83.3 Å². The molecule has 14 heavy (non-hydrogen) atoms. The Bertz CT molecular complexity index is 288. The summed E-state index contributed by atoms with van der Waals surface area (Å²) >= 11 is 0. The number of hydrogen-bond donors (Lipinski definition) is 1. The third-order valence-corrected chi connectivity index (χ3v) is 2.17. The second-order valence-corrected chi connectivity index (χ2v) is 3.30. The van der Waals surface area contributed by atoms with Crippen molar-refractivity contribution in [3.8, 4) is 0 Å². The molecule has 0 saturated heterocycles. The maximum absolute atomic E-state index is 10.6. The molecule has 0 spiro atoms. The molecule has 0 aromatic rings. The lowest BCUT2D eigenvalue weighted by molar-refractivity contribution is -0.132. The molecule has 0 bridgehead atoms. The van der Waals surface area contributed by atoms with Gasteiger partial charge in [-0.1, -0.05) is 20.3 Å². The van der Waals surface area contributed by atoms with Gasteiger partial charge in [0, 0.05) is 0 Å². The molecule has 78 valence electrons. The van der Waals surface area contributed by atoms with Crippen LogP contribution in [0.5, 0.6) is 0 Å². The summed E-state index contributed by atoms with van der Waals surface area (Å²) in [5.41, 5.74) is 0.440. The second kappa shape index (κ2) is 6.11. The van der Waals surface area contributed by atoms with E-state index in [4.69, 9.17) is 5.11 Å². The molecule has 0 heterocycles. The summed E-state index contributed by atoms with van der Waals surface area (Å²) in [7, 11) is 0. The number of nitrogens with zero attached hydrogens (tertiary/aromatic N) is 1. The number of aliphatic imine (C=N–C) groups is 1. The average molecular weight is 197 g/mol. The van der Waals surface area contributed by atoms with E-state index in [1.807, 2.05) is 13.8 Å². The van der Waals surface area contributed by atoms with Gasteiger partial charge in [0.25, 0.3) is 0 Å². The maximum Gasteiger partial charge on any atom is 0.333 e. The summed E-state index contributed by atoms with van der Waals surface area (Å²) in [6.45, 7) is 5.43. The minimum Gasteiger partial charge on any atom is -0.478 e. The van der Waals surface area contributed by atoms with Crippen LogP contribution in [-0.2, 0) is 9.59 Å². The van der Waals surface area contributed by atoms with E-state index in [-0.39, 0.29) is 5.57 Å². The number of carboxylic acids is 1. The summed E-state index contributed by atoms with van der Waals surface area (Å²) in [4.78, 5) is 24.2. The van der Waals surface area contributed by atoms with Crippen LogP contribution in [0.4, 0.5) is 0 Å². The fraction of sp³-hybridized carbons (Fsp3) is 0.600. The standard InChI is InChI=1S/C10H15NO3/c1-4-7(2)5-9(11-6-12)8(3)10(13)14/h7H,4-5H2,1-3H3,(H,13,14). The lowest BCUT2D eigenvalue weighted by Gasteiger charge is -2.08. The summed E-state index contributed by atoms with van der Waals surface area (Å²) < 4.78 is 0. The van der Waals surface area contributed by atoms with E-state index in [2.05, 4.69) is 4.99 Å². The molecule has 4 heteroatoms. The van der Waals surface area contributed by atoms with Gasteiger partial charge in [-0.2, -0.15) is 4.99 Å². The molecule has 4 nitrogen and oxygen atoms in total. The van der Waals surface area contributed by atoms with Gasteiger partial charge in [-0.25, -0.2) is 9.59 Å². The van der Waals surface area contributed by atoms with Gasteiger partial charge in [-0.05, 0) is 19.3 Å². The third kappa shape index (κ3) is 4.01. The summed E-state index contributed by atoms with van der Waals surface area (Å²) in [5.74, 6) is -0.723. The van der Waals surface area contributed by atoms with Crippen molar-refractivity contribution in [2.24, 2.45) is 10.9 Å². The molecule has 0 saturated carbocycles. The summed E-state index contributed by atoms with van der Waals surface area (Å²) in [6.07, 6.45) is 2.81. The Balaban J connectivity index is 4.85. The van der Waals surface area contributed by atoms with Crippen LogP contribution in [0.1, 0.15) is 33.6 Å². The van der Waals surface area contributed by atoms with Crippen LogP contribution in [0, 0.1) is 5.92 Å². The van der Waals surface area contributed by atoms with Crippen molar-refractivity contribution < 1.29 is 14.7 Å². The Hall–Kier alpha value is -1.41. The van der Waals surface area contributed by atoms with E-state index in [0.29, 0.717) is 18.0 Å². The maximum atomic E-state index is 10.6. The van der Waals surface area contributed by atoms with Gasteiger partial charge < -0.3 is 5.11 Å². The number of carbonyl (C=O) groups is 1. The topological polar surface area (TPSA) is 66.7 Å². The Morgan fingerprint density at radius 3 is 2.50 bits per heavy atom. The number of hydrogen-bond acceptors (Lipinski definition) is 3. The minimum atomic E-state index is -1.04. The number of aliphatic carboxylic acids is 1. The van der Waals surface area contributed by atoms with Crippen molar-refractivity contribution in [3.63, 3.8) is 0 Å². The zero-order valence-electron chi connectivity index (χ0n) is 8.70. The van der Waals surface area contributed by atoms with E-state index in [9.17, 15) is 9.59 Å². The Morgan fingerprint density at radius 1 is 1.57 bits per heavy atom. The molecule has 1 unspecified atom stereocenters. The van der Waals surface area contributed by atoms with Crippen molar-refractivity contribution in [3.05, 3.63) is 11.3 Å². The molecule has 0 aliphatic carbocycles. The highest BCUT2D eigenvalue weighted by Crippen LogP contribution is 2.18. The van der Waals surface area contributed by atoms with Crippen molar-refractivity contribution in [2.75, 3.05) is 0 Å². The van der Waals surface area contributed by atoms with Gasteiger partial charge in [-0.3, -0.25) is 0 Å². The number of carbonyl (C=O) groups excluding carboxylic acids is 1. The fourth-order valence-electron chi connectivity index (χ4n) is 0.936. The average Bonchev–Trinajstić information content (AvgIpc) is 2.15. The van der Waals surface area contributed by atoms with Crippen LogP contribution < -0.4 is 0 Å². The van der Waals surface area contributed by atoms with Gasteiger partial charge in [0.1, 0.15) is 0 Å². The minimum absolute atomic E-state index is 0.119.